The average Bonchev–Trinajstić information content (AvgIpc) is 2.39. The van der Waals surface area contributed by atoms with Gasteiger partial charge in [0, 0.05) is 18.8 Å². The number of hydrogen-bond donors (Lipinski definition) is 1. The topological polar surface area (TPSA) is 64.0 Å². The first-order valence-electron chi connectivity index (χ1n) is 5.52. The summed E-state index contributed by atoms with van der Waals surface area (Å²) in [4.78, 5) is 23.2. The fourth-order valence-electron chi connectivity index (χ4n) is 1.65. The zero-order chi connectivity index (χ0) is 13.1. The molecule has 0 atom stereocenters. The highest BCUT2D eigenvalue weighted by atomic mass is 16.2. The lowest BCUT2D eigenvalue weighted by molar-refractivity contribution is 0.0955. The van der Waals surface area contributed by atoms with Crippen molar-refractivity contribution in [3.8, 4) is 5.69 Å². The van der Waals surface area contributed by atoms with Crippen LogP contribution in [0.15, 0.2) is 41.2 Å². The molecule has 0 aliphatic carbocycles. The molecule has 92 valence electrons. The molecule has 0 bridgehead atoms. The molecule has 1 aromatic heterocycles. The standard InChI is InChI=1S/C13H13N3O2/c1-9-8-11(17)12(13(18)14-2)15-16(9)10-6-4-3-5-7-10/h3-8H,1-2H3,(H,14,18). The van der Waals surface area contributed by atoms with E-state index in [9.17, 15) is 9.59 Å². The van der Waals surface area contributed by atoms with E-state index in [0.717, 1.165) is 5.69 Å². The summed E-state index contributed by atoms with van der Waals surface area (Å²) in [6.07, 6.45) is 0. The maximum Gasteiger partial charge on any atom is 0.275 e. The van der Waals surface area contributed by atoms with Gasteiger partial charge in [0.15, 0.2) is 5.69 Å². The molecule has 0 aliphatic rings. The second-order valence-electron chi connectivity index (χ2n) is 3.83. The molecule has 1 aromatic carbocycles. The summed E-state index contributed by atoms with van der Waals surface area (Å²) < 4.78 is 1.58. The van der Waals surface area contributed by atoms with Crippen LogP contribution in [0, 0.1) is 6.92 Å². The Morgan fingerprint density at radius 1 is 1.28 bits per heavy atom. The fraction of sp³-hybridized carbons (Fsp3) is 0.154. The number of hydrogen-bond acceptors (Lipinski definition) is 3. The van der Waals surface area contributed by atoms with Gasteiger partial charge in [-0.2, -0.15) is 5.10 Å². The molecular formula is C13H13N3O2. The quantitative estimate of drug-likeness (QED) is 0.852. The minimum absolute atomic E-state index is 0.105. The van der Waals surface area contributed by atoms with Gasteiger partial charge >= 0.3 is 0 Å². The summed E-state index contributed by atoms with van der Waals surface area (Å²) in [5.41, 5.74) is 1.00. The van der Waals surface area contributed by atoms with Crippen LogP contribution in [0.3, 0.4) is 0 Å². The lowest BCUT2D eigenvalue weighted by atomic mass is 10.3. The van der Waals surface area contributed by atoms with Crippen molar-refractivity contribution in [2.24, 2.45) is 0 Å². The highest BCUT2D eigenvalue weighted by Crippen LogP contribution is 2.07. The van der Waals surface area contributed by atoms with Crippen molar-refractivity contribution < 1.29 is 4.79 Å². The molecule has 5 heteroatoms. The molecule has 0 saturated heterocycles. The van der Waals surface area contributed by atoms with E-state index in [1.165, 1.54) is 13.1 Å². The van der Waals surface area contributed by atoms with Gasteiger partial charge in [0.2, 0.25) is 5.43 Å². The zero-order valence-corrected chi connectivity index (χ0v) is 10.2. The van der Waals surface area contributed by atoms with Gasteiger partial charge in [-0.1, -0.05) is 18.2 Å². The third-order valence-corrected chi connectivity index (χ3v) is 2.55. The first-order chi connectivity index (χ1) is 8.63. The Bertz CT molecular complexity index is 632. The van der Waals surface area contributed by atoms with Crippen LogP contribution in [-0.2, 0) is 0 Å². The number of carbonyl (C=O) groups excluding carboxylic acids is 1. The summed E-state index contributed by atoms with van der Waals surface area (Å²) in [7, 11) is 1.47. The van der Waals surface area contributed by atoms with Crippen LogP contribution in [0.25, 0.3) is 5.69 Å². The number of benzene rings is 1. The summed E-state index contributed by atoms with van der Waals surface area (Å²) >= 11 is 0. The summed E-state index contributed by atoms with van der Waals surface area (Å²) in [5, 5.41) is 6.51. The molecule has 18 heavy (non-hydrogen) atoms. The lowest BCUT2D eigenvalue weighted by Crippen LogP contribution is -2.29. The molecular weight excluding hydrogens is 230 g/mol. The normalized spacial score (nSPS) is 10.1. The second kappa shape index (κ2) is 4.83. The molecule has 0 saturated carbocycles. The van der Waals surface area contributed by atoms with E-state index in [-0.39, 0.29) is 11.1 Å². The number of carbonyl (C=O) groups is 1. The Morgan fingerprint density at radius 3 is 2.56 bits per heavy atom. The SMILES string of the molecule is CNC(=O)c1nn(-c2ccccc2)c(C)cc1=O. The predicted octanol–water partition coefficient (Wildman–Crippen LogP) is 0.901. The Balaban J connectivity index is 2.63. The van der Waals surface area contributed by atoms with Gasteiger partial charge < -0.3 is 5.32 Å². The molecule has 0 unspecified atom stereocenters. The molecule has 5 nitrogen and oxygen atoms in total. The van der Waals surface area contributed by atoms with Crippen LogP contribution in [0.1, 0.15) is 16.2 Å². The third-order valence-electron chi connectivity index (χ3n) is 2.55. The van der Waals surface area contributed by atoms with Crippen LogP contribution in [0.5, 0.6) is 0 Å². The van der Waals surface area contributed by atoms with Crippen molar-refractivity contribution in [3.05, 3.63) is 58.0 Å². The van der Waals surface area contributed by atoms with Crippen LogP contribution >= 0.6 is 0 Å². The van der Waals surface area contributed by atoms with Gasteiger partial charge in [0.25, 0.3) is 5.91 Å². The smallest absolute Gasteiger partial charge is 0.275 e. The van der Waals surface area contributed by atoms with Gasteiger partial charge in [-0.3, -0.25) is 9.59 Å². The molecule has 1 amide bonds. The van der Waals surface area contributed by atoms with Gasteiger partial charge in [0.05, 0.1) is 5.69 Å². The zero-order valence-electron chi connectivity index (χ0n) is 10.2. The molecule has 2 rings (SSSR count). The summed E-state index contributed by atoms with van der Waals surface area (Å²) in [6, 6.07) is 10.8. The maximum absolute atomic E-state index is 11.7. The molecule has 1 N–H and O–H groups in total. The minimum atomic E-state index is -0.482. The first kappa shape index (κ1) is 12.0. The Labute approximate surface area is 104 Å². The first-order valence-corrected chi connectivity index (χ1v) is 5.52. The van der Waals surface area contributed by atoms with Crippen molar-refractivity contribution in [1.29, 1.82) is 0 Å². The molecule has 0 fully saturated rings. The van der Waals surface area contributed by atoms with Crippen molar-refractivity contribution >= 4 is 5.91 Å². The van der Waals surface area contributed by atoms with Crippen LogP contribution in [-0.4, -0.2) is 22.7 Å². The molecule has 0 spiro atoms. The minimum Gasteiger partial charge on any atom is -0.354 e. The average molecular weight is 243 g/mol. The lowest BCUT2D eigenvalue weighted by Gasteiger charge is -2.10. The maximum atomic E-state index is 11.7. The molecule has 2 aromatic rings. The number of rotatable bonds is 2. The van der Waals surface area contributed by atoms with Gasteiger partial charge in [-0.05, 0) is 19.1 Å². The monoisotopic (exact) mass is 243 g/mol. The second-order valence-corrected chi connectivity index (χ2v) is 3.83. The highest BCUT2D eigenvalue weighted by molar-refractivity contribution is 5.91. The van der Waals surface area contributed by atoms with Gasteiger partial charge in [-0.25, -0.2) is 4.68 Å². The number of aromatic nitrogens is 2. The number of nitrogens with zero attached hydrogens (tertiary/aromatic N) is 2. The highest BCUT2D eigenvalue weighted by Gasteiger charge is 2.13. The Morgan fingerprint density at radius 2 is 1.94 bits per heavy atom. The third kappa shape index (κ3) is 2.15. The summed E-state index contributed by atoms with van der Waals surface area (Å²) in [5.74, 6) is -0.482. The van der Waals surface area contributed by atoms with E-state index in [4.69, 9.17) is 0 Å². The van der Waals surface area contributed by atoms with E-state index in [1.807, 2.05) is 30.3 Å². The van der Waals surface area contributed by atoms with E-state index >= 15 is 0 Å². The molecule has 0 radical (unpaired) electrons. The van der Waals surface area contributed by atoms with E-state index in [2.05, 4.69) is 10.4 Å². The number of nitrogens with one attached hydrogen (secondary N) is 1. The predicted molar refractivity (Wildman–Crippen MR) is 68.0 cm³/mol. The van der Waals surface area contributed by atoms with Crippen molar-refractivity contribution in [2.45, 2.75) is 6.92 Å². The van der Waals surface area contributed by atoms with Crippen LogP contribution < -0.4 is 10.7 Å². The Hall–Kier alpha value is -2.43. The summed E-state index contributed by atoms with van der Waals surface area (Å²) in [6.45, 7) is 1.77. The largest absolute Gasteiger partial charge is 0.354 e. The number of para-hydroxylation sites is 1. The van der Waals surface area contributed by atoms with Crippen LogP contribution in [0.2, 0.25) is 0 Å². The fourth-order valence-corrected chi connectivity index (χ4v) is 1.65. The van der Waals surface area contributed by atoms with E-state index in [1.54, 1.807) is 11.6 Å². The van der Waals surface area contributed by atoms with Crippen molar-refractivity contribution in [2.75, 3.05) is 7.05 Å². The number of amides is 1. The van der Waals surface area contributed by atoms with Gasteiger partial charge in [-0.15, -0.1) is 0 Å². The Kier molecular flexibility index (Phi) is 3.23. The molecule has 1 heterocycles. The van der Waals surface area contributed by atoms with Crippen molar-refractivity contribution in [1.82, 2.24) is 15.1 Å². The van der Waals surface area contributed by atoms with Gasteiger partial charge in [0.1, 0.15) is 0 Å². The number of aryl methyl sites for hydroxylation is 1. The van der Waals surface area contributed by atoms with E-state index < -0.39 is 5.91 Å². The van der Waals surface area contributed by atoms with Crippen molar-refractivity contribution in [3.63, 3.8) is 0 Å². The van der Waals surface area contributed by atoms with Crippen LogP contribution in [0.4, 0.5) is 0 Å². The van der Waals surface area contributed by atoms with E-state index in [0.29, 0.717) is 5.69 Å². The molecule has 0 aliphatic heterocycles.